The average molecular weight is 502 g/mol. The molecule has 1 atom stereocenters. The Morgan fingerprint density at radius 3 is 2.39 bits per heavy atom. The highest BCUT2D eigenvalue weighted by molar-refractivity contribution is 6.33. The molecule has 4 aromatic rings. The molecule has 0 spiro atoms. The number of hydrogen-bond acceptors (Lipinski definition) is 6. The van der Waals surface area contributed by atoms with Crippen molar-refractivity contribution in [2.45, 2.75) is 13.0 Å². The largest absolute Gasteiger partial charge is 0.496 e. The second-order valence-electron chi connectivity index (χ2n) is 8.15. The number of halogens is 1. The first-order valence-electron chi connectivity index (χ1n) is 11.3. The van der Waals surface area contributed by atoms with Crippen LogP contribution in [0.25, 0.3) is 11.4 Å². The van der Waals surface area contributed by atoms with E-state index in [1.54, 1.807) is 37.1 Å². The van der Waals surface area contributed by atoms with E-state index >= 15 is 0 Å². The minimum Gasteiger partial charge on any atom is -0.496 e. The summed E-state index contributed by atoms with van der Waals surface area (Å²) in [6.45, 7) is 1.84. The Morgan fingerprint density at radius 2 is 1.64 bits per heavy atom. The van der Waals surface area contributed by atoms with Crippen LogP contribution in [0.2, 0.25) is 5.02 Å². The highest BCUT2D eigenvalue weighted by Crippen LogP contribution is 2.41. The van der Waals surface area contributed by atoms with Gasteiger partial charge in [-0.15, -0.1) is 5.10 Å². The number of nitrogens with one attached hydrogen (secondary N) is 2. The minimum atomic E-state index is -0.615. The van der Waals surface area contributed by atoms with E-state index in [0.717, 1.165) is 5.56 Å². The molecule has 1 aliphatic rings. The van der Waals surface area contributed by atoms with Gasteiger partial charge in [0.05, 0.1) is 30.5 Å². The summed E-state index contributed by atoms with van der Waals surface area (Å²) in [7, 11) is 3.16. The van der Waals surface area contributed by atoms with E-state index in [1.807, 2.05) is 61.5 Å². The van der Waals surface area contributed by atoms with Gasteiger partial charge in [0.2, 0.25) is 5.95 Å². The van der Waals surface area contributed by atoms with E-state index in [-0.39, 0.29) is 5.91 Å². The molecule has 0 aliphatic carbocycles. The number of ether oxygens (including phenoxy) is 2. The summed E-state index contributed by atoms with van der Waals surface area (Å²) >= 11 is 6.43. The van der Waals surface area contributed by atoms with Gasteiger partial charge >= 0.3 is 0 Å². The highest BCUT2D eigenvalue weighted by Gasteiger charge is 2.36. The van der Waals surface area contributed by atoms with E-state index < -0.39 is 6.04 Å². The molecule has 3 aromatic carbocycles. The molecule has 5 rings (SSSR count). The van der Waals surface area contributed by atoms with Crippen molar-refractivity contribution in [3.05, 3.63) is 94.7 Å². The maximum absolute atomic E-state index is 13.8. The van der Waals surface area contributed by atoms with Gasteiger partial charge in [-0.3, -0.25) is 4.79 Å². The van der Waals surface area contributed by atoms with Gasteiger partial charge in [0.1, 0.15) is 17.5 Å². The quantitative estimate of drug-likeness (QED) is 0.360. The van der Waals surface area contributed by atoms with Crippen LogP contribution < -0.4 is 20.1 Å². The number of para-hydroxylation sites is 3. The molecule has 0 bridgehead atoms. The van der Waals surface area contributed by atoms with Gasteiger partial charge in [-0.05, 0) is 37.3 Å². The van der Waals surface area contributed by atoms with Crippen LogP contribution in [0.1, 0.15) is 18.5 Å². The third kappa shape index (κ3) is 4.16. The Bertz CT molecular complexity index is 1480. The van der Waals surface area contributed by atoms with Crippen molar-refractivity contribution in [2.24, 2.45) is 0 Å². The van der Waals surface area contributed by atoms with Crippen molar-refractivity contribution in [2.75, 3.05) is 24.9 Å². The van der Waals surface area contributed by atoms with Crippen LogP contribution >= 0.6 is 11.6 Å². The third-order valence-electron chi connectivity index (χ3n) is 6.00. The lowest BCUT2D eigenvalue weighted by Crippen LogP contribution is -2.31. The Labute approximate surface area is 213 Å². The number of fused-ring (bicyclic) bond motifs is 1. The maximum Gasteiger partial charge on any atom is 0.255 e. The molecule has 8 nitrogen and oxygen atoms in total. The summed E-state index contributed by atoms with van der Waals surface area (Å²) in [4.78, 5) is 18.5. The molecule has 9 heteroatoms. The molecule has 0 radical (unpaired) electrons. The number of hydrogen-bond donors (Lipinski definition) is 2. The summed E-state index contributed by atoms with van der Waals surface area (Å²) in [5.74, 6) is 1.82. The van der Waals surface area contributed by atoms with Gasteiger partial charge in [0, 0.05) is 16.8 Å². The molecule has 2 heterocycles. The van der Waals surface area contributed by atoms with Crippen LogP contribution in [0, 0.1) is 0 Å². The average Bonchev–Trinajstić information content (AvgIpc) is 3.31. The van der Waals surface area contributed by atoms with Crippen LogP contribution in [-0.4, -0.2) is 34.9 Å². The van der Waals surface area contributed by atoms with Crippen LogP contribution in [0.15, 0.2) is 84.1 Å². The third-order valence-corrected chi connectivity index (χ3v) is 6.33. The van der Waals surface area contributed by atoms with E-state index in [4.69, 9.17) is 31.2 Å². The molecule has 1 unspecified atom stereocenters. The summed E-state index contributed by atoms with van der Waals surface area (Å²) in [6.07, 6.45) is 0. The normalized spacial score (nSPS) is 14.6. The number of benzene rings is 3. The number of allylic oxidation sites excluding steroid dienone is 1. The predicted octanol–water partition coefficient (Wildman–Crippen LogP) is 5.54. The van der Waals surface area contributed by atoms with Crippen LogP contribution in [0.3, 0.4) is 0 Å². The fraction of sp³-hybridized carbons (Fsp3) is 0.148. The monoisotopic (exact) mass is 501 g/mol. The first kappa shape index (κ1) is 23.4. The molecule has 0 saturated carbocycles. The van der Waals surface area contributed by atoms with Crippen LogP contribution in [0.5, 0.6) is 11.5 Å². The van der Waals surface area contributed by atoms with Gasteiger partial charge in [-0.2, -0.15) is 4.98 Å². The number of methoxy groups -OCH3 is 2. The molecule has 2 N–H and O–H groups in total. The fourth-order valence-corrected chi connectivity index (χ4v) is 4.54. The maximum atomic E-state index is 13.8. The first-order chi connectivity index (χ1) is 17.5. The van der Waals surface area contributed by atoms with Crippen molar-refractivity contribution in [3.8, 4) is 22.9 Å². The van der Waals surface area contributed by atoms with E-state index in [2.05, 4.69) is 10.6 Å². The Balaban J connectivity index is 1.64. The first-order valence-corrected chi connectivity index (χ1v) is 11.7. The molecular weight excluding hydrogens is 478 g/mol. The molecule has 0 saturated heterocycles. The second kappa shape index (κ2) is 9.75. The zero-order valence-corrected chi connectivity index (χ0v) is 20.7. The highest BCUT2D eigenvalue weighted by atomic mass is 35.5. The Kier molecular flexibility index (Phi) is 6.35. The number of nitrogens with zero attached hydrogens (tertiary/aromatic N) is 3. The summed E-state index contributed by atoms with van der Waals surface area (Å²) in [5.41, 5.74) is 3.13. The summed E-state index contributed by atoms with van der Waals surface area (Å²) < 4.78 is 12.8. The van der Waals surface area contributed by atoms with Crippen molar-refractivity contribution >= 4 is 29.1 Å². The lowest BCUT2D eigenvalue weighted by Gasteiger charge is -2.29. The Morgan fingerprint density at radius 1 is 0.972 bits per heavy atom. The standard InChI is InChI=1S/C27H24ClN5O3/c1-16-23(26(34)30-20-13-7-9-15-22(20)36-3)24(18-11-5-8-14-21(18)35-2)33-27(29-16)31-25(32-33)17-10-4-6-12-19(17)28/h4-15,24H,1-3H3,(H,30,34)(H,29,31,32). The molecule has 1 aromatic heterocycles. The molecule has 1 amide bonds. The van der Waals surface area contributed by atoms with Gasteiger partial charge in [0.25, 0.3) is 5.91 Å². The number of anilines is 2. The van der Waals surface area contributed by atoms with Gasteiger partial charge in [-0.25, -0.2) is 4.68 Å². The van der Waals surface area contributed by atoms with E-state index in [0.29, 0.717) is 50.8 Å². The molecule has 0 fully saturated rings. The topological polar surface area (TPSA) is 90.3 Å². The SMILES string of the molecule is COc1ccccc1NC(=O)C1=C(C)Nc2nc(-c3ccccc3Cl)nn2C1c1ccccc1OC. The summed E-state index contributed by atoms with van der Waals surface area (Å²) in [5, 5.41) is 11.6. The van der Waals surface area contributed by atoms with Crippen molar-refractivity contribution in [1.82, 2.24) is 14.8 Å². The van der Waals surface area contributed by atoms with Crippen LogP contribution in [-0.2, 0) is 4.79 Å². The fourth-order valence-electron chi connectivity index (χ4n) is 4.32. The van der Waals surface area contributed by atoms with Crippen molar-refractivity contribution < 1.29 is 14.3 Å². The van der Waals surface area contributed by atoms with Gasteiger partial charge in [-0.1, -0.05) is 54.1 Å². The number of aromatic nitrogens is 3. The second-order valence-corrected chi connectivity index (χ2v) is 8.55. The van der Waals surface area contributed by atoms with E-state index in [1.165, 1.54) is 0 Å². The summed E-state index contributed by atoms with van der Waals surface area (Å²) in [6, 6.07) is 21.6. The lowest BCUT2D eigenvalue weighted by atomic mass is 9.94. The number of carbonyl (C=O) groups is 1. The number of amides is 1. The zero-order valence-electron chi connectivity index (χ0n) is 19.9. The minimum absolute atomic E-state index is 0.305. The van der Waals surface area contributed by atoms with Gasteiger partial charge < -0.3 is 20.1 Å². The van der Waals surface area contributed by atoms with Crippen LogP contribution in [0.4, 0.5) is 11.6 Å². The zero-order chi connectivity index (χ0) is 25.2. The van der Waals surface area contributed by atoms with E-state index in [9.17, 15) is 4.79 Å². The molecule has 1 aliphatic heterocycles. The lowest BCUT2D eigenvalue weighted by molar-refractivity contribution is -0.113. The van der Waals surface area contributed by atoms with Gasteiger partial charge in [0.15, 0.2) is 5.82 Å². The Hall–Kier alpha value is -4.30. The van der Waals surface area contributed by atoms with Crippen molar-refractivity contribution in [1.29, 1.82) is 0 Å². The smallest absolute Gasteiger partial charge is 0.255 e. The molecular formula is C27H24ClN5O3. The number of carbonyl (C=O) groups excluding carboxylic acids is 1. The molecule has 36 heavy (non-hydrogen) atoms. The van der Waals surface area contributed by atoms with Crippen molar-refractivity contribution in [3.63, 3.8) is 0 Å². The number of rotatable bonds is 6. The predicted molar refractivity (Wildman–Crippen MR) is 140 cm³/mol. The molecule has 182 valence electrons.